The first kappa shape index (κ1) is 20.4. The van der Waals surface area contributed by atoms with Gasteiger partial charge in [-0.25, -0.2) is 10.2 Å². The molecule has 0 saturated heterocycles. The van der Waals surface area contributed by atoms with Gasteiger partial charge < -0.3 is 20.5 Å². The lowest BCUT2D eigenvalue weighted by Gasteiger charge is -2.11. The highest BCUT2D eigenvalue weighted by Gasteiger charge is 2.15. The maximum absolute atomic E-state index is 12.7. The van der Waals surface area contributed by atoms with Gasteiger partial charge in [0.15, 0.2) is 21.9 Å². The summed E-state index contributed by atoms with van der Waals surface area (Å²) in [6.45, 7) is 0. The first-order chi connectivity index (χ1) is 14.9. The summed E-state index contributed by atoms with van der Waals surface area (Å²) in [4.78, 5) is 37.4. The van der Waals surface area contributed by atoms with E-state index in [0.717, 1.165) is 0 Å². The molecule has 0 aliphatic carbocycles. The number of nitrogens with zero attached hydrogens (tertiary/aromatic N) is 1. The van der Waals surface area contributed by atoms with Gasteiger partial charge in [-0.3, -0.25) is 14.6 Å². The molecular formula is C20H16N6O4S. The number of rotatable bonds is 5. The van der Waals surface area contributed by atoms with Crippen molar-refractivity contribution in [1.29, 1.82) is 0 Å². The molecule has 1 amide bonds. The molecule has 11 heteroatoms. The van der Waals surface area contributed by atoms with Crippen molar-refractivity contribution in [2.45, 2.75) is 0 Å². The van der Waals surface area contributed by atoms with E-state index in [1.54, 1.807) is 48.5 Å². The van der Waals surface area contributed by atoms with Crippen LogP contribution in [0.3, 0.4) is 0 Å². The number of quaternary nitrogens is 1. The maximum Gasteiger partial charge on any atom is 0.277 e. The molecule has 2 aromatic heterocycles. The summed E-state index contributed by atoms with van der Waals surface area (Å²) in [5.41, 5.74) is 1.44. The van der Waals surface area contributed by atoms with Crippen molar-refractivity contribution in [3.63, 3.8) is 0 Å². The number of benzene rings is 2. The number of carbonyl (C=O) groups excluding carboxylic acids is 1. The summed E-state index contributed by atoms with van der Waals surface area (Å²) in [6, 6.07) is 14.7. The summed E-state index contributed by atoms with van der Waals surface area (Å²) in [5, 5.41) is 21.9. The Hall–Kier alpha value is -3.90. The molecule has 2 heterocycles. The summed E-state index contributed by atoms with van der Waals surface area (Å²) >= 11 is 4.98. The van der Waals surface area contributed by atoms with E-state index >= 15 is 0 Å². The molecule has 0 fully saturated rings. The molecule has 0 radical (unpaired) electrons. The van der Waals surface area contributed by atoms with Crippen LogP contribution >= 0.6 is 12.2 Å². The SMILES string of the molecule is O=C(N/C(=C\c1ccc([NH+]([O-])O)cc1)c1nc2[nH]c(=S)[nH]c(=O)c2[nH]1)c1ccccc1. The van der Waals surface area contributed by atoms with Crippen molar-refractivity contribution >= 4 is 46.7 Å². The number of imidazole rings is 1. The van der Waals surface area contributed by atoms with E-state index in [1.807, 2.05) is 0 Å². The topological polar surface area (TPSA) is 154 Å². The van der Waals surface area contributed by atoms with Crippen molar-refractivity contribution in [3.8, 4) is 0 Å². The fourth-order valence-corrected chi connectivity index (χ4v) is 3.09. The van der Waals surface area contributed by atoms with Crippen LogP contribution < -0.4 is 16.1 Å². The molecule has 2 aromatic carbocycles. The Morgan fingerprint density at radius 1 is 1.10 bits per heavy atom. The number of carbonyl (C=O) groups is 1. The van der Waals surface area contributed by atoms with Gasteiger partial charge in [0, 0.05) is 17.7 Å². The zero-order valence-electron chi connectivity index (χ0n) is 15.8. The first-order valence-corrected chi connectivity index (χ1v) is 9.45. The minimum atomic E-state index is -1.04. The molecule has 0 spiro atoms. The third kappa shape index (κ3) is 4.49. The molecule has 0 aliphatic heterocycles. The Morgan fingerprint density at radius 2 is 1.81 bits per heavy atom. The lowest BCUT2D eigenvalue weighted by molar-refractivity contribution is -0.991. The standard InChI is InChI=1S/C20H16N6O4S/c27-18(12-4-2-1-3-5-12)21-14(10-11-6-8-13(9-7-11)26(29)30)16-22-15-17(23-16)24-20(31)25-19(15)28/h1-10,26,29H,(H,21,27)(H3,22,23,24,25,28,31)/b14-10-. The van der Waals surface area contributed by atoms with Crippen molar-refractivity contribution in [2.24, 2.45) is 0 Å². The van der Waals surface area contributed by atoms with Gasteiger partial charge in [-0.15, -0.1) is 0 Å². The smallest absolute Gasteiger partial charge is 0.277 e. The third-order valence-electron chi connectivity index (χ3n) is 4.40. The zero-order chi connectivity index (χ0) is 22.0. The van der Waals surface area contributed by atoms with Gasteiger partial charge in [-0.1, -0.05) is 18.2 Å². The van der Waals surface area contributed by atoms with Crippen LogP contribution in [0.4, 0.5) is 5.69 Å². The molecule has 0 saturated carbocycles. The molecule has 1 unspecified atom stereocenters. The number of hydrogen-bond acceptors (Lipinski definition) is 6. The number of nitrogens with one attached hydrogen (secondary N) is 5. The lowest BCUT2D eigenvalue weighted by atomic mass is 10.1. The van der Waals surface area contributed by atoms with Gasteiger partial charge in [0.05, 0.1) is 5.70 Å². The number of aromatic amines is 3. The van der Waals surface area contributed by atoms with Crippen molar-refractivity contribution in [2.75, 3.05) is 0 Å². The number of aromatic nitrogens is 4. The van der Waals surface area contributed by atoms with E-state index in [4.69, 9.17) is 17.4 Å². The maximum atomic E-state index is 12.7. The highest BCUT2D eigenvalue weighted by molar-refractivity contribution is 7.71. The minimum Gasteiger partial charge on any atom is -0.595 e. The van der Waals surface area contributed by atoms with Gasteiger partial charge in [0.25, 0.3) is 11.5 Å². The molecule has 4 aromatic rings. The predicted octanol–water partition coefficient (Wildman–Crippen LogP) is 1.64. The molecule has 0 aliphatic rings. The van der Waals surface area contributed by atoms with Crippen molar-refractivity contribution < 1.29 is 15.2 Å². The summed E-state index contributed by atoms with van der Waals surface area (Å²) in [6.07, 6.45) is 1.62. The average molecular weight is 436 g/mol. The summed E-state index contributed by atoms with van der Waals surface area (Å²) in [7, 11) is 0. The molecule has 10 nitrogen and oxygen atoms in total. The van der Waals surface area contributed by atoms with E-state index in [1.165, 1.54) is 12.1 Å². The molecule has 31 heavy (non-hydrogen) atoms. The Labute approximate surface area is 179 Å². The van der Waals surface area contributed by atoms with E-state index in [-0.39, 0.29) is 39.1 Å². The van der Waals surface area contributed by atoms with Crippen molar-refractivity contribution in [1.82, 2.24) is 25.3 Å². The van der Waals surface area contributed by atoms with Crippen LogP contribution in [0.15, 0.2) is 59.4 Å². The fourth-order valence-electron chi connectivity index (χ4n) is 2.90. The largest absolute Gasteiger partial charge is 0.595 e. The Morgan fingerprint density at radius 3 is 2.48 bits per heavy atom. The van der Waals surface area contributed by atoms with Crippen molar-refractivity contribution in [3.05, 3.63) is 91.9 Å². The Bertz CT molecular complexity index is 1390. The van der Waals surface area contributed by atoms with E-state index < -0.39 is 10.8 Å². The Kier molecular flexibility index (Phi) is 5.56. The number of amides is 1. The molecule has 4 rings (SSSR count). The summed E-state index contributed by atoms with van der Waals surface area (Å²) in [5.74, 6) is -0.153. The van der Waals surface area contributed by atoms with Gasteiger partial charge in [-0.2, -0.15) is 5.23 Å². The predicted molar refractivity (Wildman–Crippen MR) is 116 cm³/mol. The molecule has 156 valence electrons. The van der Waals surface area contributed by atoms with Gasteiger partial charge in [-0.05, 0) is 48.1 Å². The second-order valence-corrected chi connectivity index (χ2v) is 6.93. The lowest BCUT2D eigenvalue weighted by Crippen LogP contribution is -2.99. The second-order valence-electron chi connectivity index (χ2n) is 6.52. The van der Waals surface area contributed by atoms with E-state index in [0.29, 0.717) is 11.1 Å². The number of hydrogen-bond donors (Lipinski definition) is 6. The van der Waals surface area contributed by atoms with Crippen LogP contribution in [0.5, 0.6) is 0 Å². The van der Waals surface area contributed by atoms with Crippen LogP contribution in [0.2, 0.25) is 0 Å². The highest BCUT2D eigenvalue weighted by Crippen LogP contribution is 2.17. The number of fused-ring (bicyclic) bond motifs is 1. The fraction of sp³-hybridized carbons (Fsp3) is 0. The average Bonchev–Trinajstić information content (AvgIpc) is 3.18. The van der Waals surface area contributed by atoms with Gasteiger partial charge in [0.1, 0.15) is 5.52 Å². The second kappa shape index (κ2) is 8.45. The van der Waals surface area contributed by atoms with Crippen LogP contribution in [0.25, 0.3) is 22.9 Å². The van der Waals surface area contributed by atoms with Crippen LogP contribution in [-0.4, -0.2) is 31.1 Å². The summed E-state index contributed by atoms with van der Waals surface area (Å²) < 4.78 is 0.124. The molecule has 1 atom stereocenters. The zero-order valence-corrected chi connectivity index (χ0v) is 16.6. The third-order valence-corrected chi connectivity index (χ3v) is 4.60. The first-order valence-electron chi connectivity index (χ1n) is 9.05. The molecular weight excluding hydrogens is 420 g/mol. The quantitative estimate of drug-likeness (QED) is 0.206. The monoisotopic (exact) mass is 436 g/mol. The Balaban J connectivity index is 1.78. The van der Waals surface area contributed by atoms with Gasteiger partial charge in [0.2, 0.25) is 0 Å². The van der Waals surface area contributed by atoms with Crippen LogP contribution in [-0.2, 0) is 0 Å². The van der Waals surface area contributed by atoms with Crippen LogP contribution in [0, 0.1) is 9.98 Å². The van der Waals surface area contributed by atoms with Gasteiger partial charge >= 0.3 is 0 Å². The van der Waals surface area contributed by atoms with Crippen LogP contribution in [0.1, 0.15) is 21.7 Å². The normalized spacial score (nSPS) is 12.6. The molecule has 0 bridgehead atoms. The minimum absolute atomic E-state index is 0.124. The number of H-pyrrole nitrogens is 3. The van der Waals surface area contributed by atoms with E-state index in [9.17, 15) is 14.8 Å². The highest BCUT2D eigenvalue weighted by atomic mass is 32.1. The van der Waals surface area contributed by atoms with E-state index in [2.05, 4.69) is 25.3 Å². The molecule has 6 N–H and O–H groups in total.